The van der Waals surface area contributed by atoms with Crippen molar-refractivity contribution in [2.45, 2.75) is 32.5 Å². The lowest BCUT2D eigenvalue weighted by Gasteiger charge is -2.07. The van der Waals surface area contributed by atoms with Crippen molar-refractivity contribution in [3.8, 4) is 5.75 Å². The Kier molecular flexibility index (Phi) is 6.84. The SMILES string of the molecule is CCCCOCCOCc1ccc(OCC2CO2)cc1. The van der Waals surface area contributed by atoms with Crippen LogP contribution in [0, 0.1) is 0 Å². The lowest BCUT2D eigenvalue weighted by Crippen LogP contribution is -2.05. The third-order valence-electron chi connectivity index (χ3n) is 3.04. The molecule has 1 heterocycles. The van der Waals surface area contributed by atoms with E-state index in [0.29, 0.717) is 32.5 Å². The van der Waals surface area contributed by atoms with Gasteiger partial charge in [-0.1, -0.05) is 25.5 Å². The van der Waals surface area contributed by atoms with Crippen molar-refractivity contribution in [1.82, 2.24) is 0 Å². The molecule has 1 aromatic rings. The molecule has 1 aliphatic rings. The summed E-state index contributed by atoms with van der Waals surface area (Å²) in [5, 5.41) is 0. The fraction of sp³-hybridized carbons (Fsp3) is 0.625. The second kappa shape index (κ2) is 8.95. The van der Waals surface area contributed by atoms with E-state index in [0.717, 1.165) is 30.9 Å². The van der Waals surface area contributed by atoms with Gasteiger partial charge in [-0.2, -0.15) is 0 Å². The van der Waals surface area contributed by atoms with Crippen LogP contribution in [0.4, 0.5) is 0 Å². The van der Waals surface area contributed by atoms with Gasteiger partial charge in [0, 0.05) is 6.61 Å². The highest BCUT2D eigenvalue weighted by Crippen LogP contribution is 2.16. The molecule has 1 aliphatic heterocycles. The number of hydrogen-bond donors (Lipinski definition) is 0. The lowest BCUT2D eigenvalue weighted by atomic mass is 10.2. The second-order valence-corrected chi connectivity index (χ2v) is 4.93. The van der Waals surface area contributed by atoms with Crippen molar-refractivity contribution < 1.29 is 18.9 Å². The fourth-order valence-corrected chi connectivity index (χ4v) is 1.69. The van der Waals surface area contributed by atoms with Crippen molar-refractivity contribution in [2.24, 2.45) is 0 Å². The monoisotopic (exact) mass is 280 g/mol. The molecule has 1 aromatic carbocycles. The first-order chi connectivity index (χ1) is 9.88. The number of hydrogen-bond acceptors (Lipinski definition) is 4. The highest BCUT2D eigenvalue weighted by Gasteiger charge is 2.22. The zero-order valence-corrected chi connectivity index (χ0v) is 12.2. The number of rotatable bonds is 11. The molecule has 4 nitrogen and oxygen atoms in total. The van der Waals surface area contributed by atoms with Crippen LogP contribution < -0.4 is 4.74 Å². The zero-order valence-electron chi connectivity index (χ0n) is 12.2. The molecular weight excluding hydrogens is 256 g/mol. The van der Waals surface area contributed by atoms with Crippen molar-refractivity contribution >= 4 is 0 Å². The average molecular weight is 280 g/mol. The van der Waals surface area contributed by atoms with E-state index >= 15 is 0 Å². The van der Waals surface area contributed by atoms with Gasteiger partial charge in [0.25, 0.3) is 0 Å². The van der Waals surface area contributed by atoms with Crippen molar-refractivity contribution in [3.05, 3.63) is 29.8 Å². The number of unbranched alkanes of at least 4 members (excludes halogenated alkanes) is 1. The molecule has 0 saturated carbocycles. The van der Waals surface area contributed by atoms with Crippen LogP contribution in [0.5, 0.6) is 5.75 Å². The van der Waals surface area contributed by atoms with Crippen LogP contribution in [0.15, 0.2) is 24.3 Å². The molecule has 0 bridgehead atoms. The molecule has 112 valence electrons. The summed E-state index contributed by atoms with van der Waals surface area (Å²) in [5.41, 5.74) is 1.15. The van der Waals surface area contributed by atoms with E-state index in [2.05, 4.69) is 6.92 Å². The Labute approximate surface area is 121 Å². The molecule has 0 N–H and O–H groups in total. The van der Waals surface area contributed by atoms with Crippen molar-refractivity contribution in [3.63, 3.8) is 0 Å². The van der Waals surface area contributed by atoms with Gasteiger partial charge in [-0.3, -0.25) is 0 Å². The van der Waals surface area contributed by atoms with Crippen LogP contribution in [0.1, 0.15) is 25.3 Å². The summed E-state index contributed by atoms with van der Waals surface area (Å²) in [6, 6.07) is 8.00. The first-order valence-electron chi connectivity index (χ1n) is 7.37. The Hall–Kier alpha value is -1.10. The van der Waals surface area contributed by atoms with Gasteiger partial charge in [0.05, 0.1) is 26.4 Å². The summed E-state index contributed by atoms with van der Waals surface area (Å²) in [7, 11) is 0. The van der Waals surface area contributed by atoms with E-state index in [4.69, 9.17) is 18.9 Å². The smallest absolute Gasteiger partial charge is 0.119 e. The van der Waals surface area contributed by atoms with Crippen molar-refractivity contribution in [1.29, 1.82) is 0 Å². The summed E-state index contributed by atoms with van der Waals surface area (Å²) in [6.07, 6.45) is 2.58. The van der Waals surface area contributed by atoms with Crippen LogP contribution in [-0.4, -0.2) is 39.1 Å². The summed E-state index contributed by atoms with van der Waals surface area (Å²) in [4.78, 5) is 0. The van der Waals surface area contributed by atoms with E-state index in [-0.39, 0.29) is 0 Å². The van der Waals surface area contributed by atoms with E-state index in [1.807, 2.05) is 24.3 Å². The molecule has 0 amide bonds. The Morgan fingerprint density at radius 2 is 1.85 bits per heavy atom. The summed E-state index contributed by atoms with van der Waals surface area (Å²) in [6.45, 7) is 6.38. The van der Waals surface area contributed by atoms with Gasteiger partial charge in [-0.05, 0) is 24.1 Å². The standard InChI is InChI=1S/C16H24O4/c1-2-3-8-17-9-10-18-11-14-4-6-15(7-5-14)19-12-16-13-20-16/h4-7,16H,2-3,8-13H2,1H3. The summed E-state index contributed by atoms with van der Waals surface area (Å²) >= 11 is 0. The van der Waals surface area contributed by atoms with E-state index in [9.17, 15) is 0 Å². The van der Waals surface area contributed by atoms with Gasteiger partial charge in [0.2, 0.25) is 0 Å². The third-order valence-corrected chi connectivity index (χ3v) is 3.04. The normalized spacial score (nSPS) is 17.1. The minimum Gasteiger partial charge on any atom is -0.491 e. The topological polar surface area (TPSA) is 40.2 Å². The molecule has 1 saturated heterocycles. The van der Waals surface area contributed by atoms with Crippen LogP contribution in [0.3, 0.4) is 0 Å². The predicted octanol–water partition coefficient (Wildman–Crippen LogP) is 2.80. The maximum Gasteiger partial charge on any atom is 0.119 e. The van der Waals surface area contributed by atoms with Crippen LogP contribution in [0.2, 0.25) is 0 Å². The molecule has 0 aromatic heterocycles. The van der Waals surface area contributed by atoms with Crippen LogP contribution in [0.25, 0.3) is 0 Å². The Balaban J connectivity index is 1.53. The summed E-state index contributed by atoms with van der Waals surface area (Å²) in [5.74, 6) is 0.882. The minimum atomic E-state index is 0.297. The number of ether oxygens (including phenoxy) is 4. The lowest BCUT2D eigenvalue weighted by molar-refractivity contribution is 0.0396. The minimum absolute atomic E-state index is 0.297. The molecule has 1 atom stereocenters. The molecule has 0 spiro atoms. The molecule has 0 radical (unpaired) electrons. The fourth-order valence-electron chi connectivity index (χ4n) is 1.69. The van der Waals surface area contributed by atoms with E-state index in [1.165, 1.54) is 6.42 Å². The van der Waals surface area contributed by atoms with Gasteiger partial charge in [0.1, 0.15) is 18.5 Å². The second-order valence-electron chi connectivity index (χ2n) is 4.93. The Morgan fingerprint density at radius 1 is 1.10 bits per heavy atom. The Bertz CT molecular complexity index is 359. The number of benzene rings is 1. The van der Waals surface area contributed by atoms with E-state index in [1.54, 1.807) is 0 Å². The van der Waals surface area contributed by atoms with Gasteiger partial charge >= 0.3 is 0 Å². The van der Waals surface area contributed by atoms with Gasteiger partial charge in [-0.25, -0.2) is 0 Å². The first kappa shape index (κ1) is 15.3. The first-order valence-corrected chi connectivity index (χ1v) is 7.37. The van der Waals surface area contributed by atoms with E-state index < -0.39 is 0 Å². The molecular formula is C16H24O4. The molecule has 2 rings (SSSR count). The van der Waals surface area contributed by atoms with Crippen LogP contribution >= 0.6 is 0 Å². The predicted molar refractivity (Wildman–Crippen MR) is 77.1 cm³/mol. The van der Waals surface area contributed by atoms with Gasteiger partial charge in [-0.15, -0.1) is 0 Å². The molecule has 1 unspecified atom stereocenters. The zero-order chi connectivity index (χ0) is 14.0. The van der Waals surface area contributed by atoms with Gasteiger partial charge < -0.3 is 18.9 Å². The summed E-state index contributed by atoms with van der Waals surface area (Å²) < 4.78 is 21.7. The maximum atomic E-state index is 5.58. The van der Waals surface area contributed by atoms with Gasteiger partial charge in [0.15, 0.2) is 0 Å². The maximum absolute atomic E-state index is 5.58. The highest BCUT2D eigenvalue weighted by molar-refractivity contribution is 5.26. The van der Waals surface area contributed by atoms with Crippen molar-refractivity contribution in [2.75, 3.05) is 33.0 Å². The average Bonchev–Trinajstić information content (AvgIpc) is 3.30. The largest absolute Gasteiger partial charge is 0.491 e. The molecule has 0 aliphatic carbocycles. The third kappa shape index (κ3) is 6.37. The quantitative estimate of drug-likeness (QED) is 0.461. The van der Waals surface area contributed by atoms with Crippen LogP contribution in [-0.2, 0) is 20.8 Å². The molecule has 1 fully saturated rings. The Morgan fingerprint density at radius 3 is 2.55 bits per heavy atom. The molecule has 4 heteroatoms. The number of epoxide rings is 1. The highest BCUT2D eigenvalue weighted by atomic mass is 16.6. The molecule has 20 heavy (non-hydrogen) atoms.